The number of rotatable bonds is 6. The van der Waals surface area contributed by atoms with Crippen molar-refractivity contribution in [1.82, 2.24) is 0 Å². The summed E-state index contributed by atoms with van der Waals surface area (Å²) >= 11 is -1.61. The van der Waals surface area contributed by atoms with Gasteiger partial charge in [0.2, 0.25) is 0 Å². The maximum atomic E-state index is 2.61. The van der Waals surface area contributed by atoms with Crippen molar-refractivity contribution in [1.29, 1.82) is 0 Å². The number of allylic oxidation sites excluding steroid dienone is 8. The van der Waals surface area contributed by atoms with E-state index in [0.29, 0.717) is 0 Å². The van der Waals surface area contributed by atoms with E-state index in [0.717, 1.165) is 0 Å². The SMILES string of the molecule is CCC1=CC(CC)=[C]([Zr+2]([C]2=C(CC)C=C(CC)C2)=[Si](C)C)C1.[Cl-].[Cl-]. The summed E-state index contributed by atoms with van der Waals surface area (Å²) in [7, 11) is 0. The van der Waals surface area contributed by atoms with Crippen molar-refractivity contribution in [3.8, 4) is 0 Å². The minimum absolute atomic E-state index is 0. The first-order valence-electron chi connectivity index (χ1n) is 9.06. The molecule has 0 aliphatic heterocycles. The third kappa shape index (κ3) is 5.32. The molecule has 2 aliphatic rings. The summed E-state index contributed by atoms with van der Waals surface area (Å²) < 4.78 is 3.96. The van der Waals surface area contributed by atoms with E-state index in [1.54, 1.807) is 22.3 Å². The Bertz CT molecular complexity index is 570. The molecule has 0 saturated heterocycles. The molecule has 0 unspecified atom stereocenters. The Morgan fingerprint density at radius 1 is 0.750 bits per heavy atom. The first kappa shape index (κ1) is 24.6. The standard InChI is InChI=1S/2C9H13.C2H6Si.2ClH.Zr/c2*1-3-8-5-6-9(4-2)7-8;1-3-2;;;/h2*7H,3-5H2,1-2H3;1-2H3;2*1H;/q;;;;;+2/p-2. The van der Waals surface area contributed by atoms with Crippen LogP contribution in [0, 0.1) is 0 Å². The minimum atomic E-state index is -1.61. The quantitative estimate of drug-likeness (QED) is 0.509. The van der Waals surface area contributed by atoms with E-state index in [4.69, 9.17) is 0 Å². The van der Waals surface area contributed by atoms with Crippen LogP contribution in [0.4, 0.5) is 0 Å². The van der Waals surface area contributed by atoms with Gasteiger partial charge >= 0.3 is 146 Å². The average molecular weight is 463 g/mol. The van der Waals surface area contributed by atoms with E-state index in [9.17, 15) is 0 Å². The van der Waals surface area contributed by atoms with Crippen molar-refractivity contribution in [3.05, 3.63) is 41.0 Å². The molecule has 0 bridgehead atoms. The van der Waals surface area contributed by atoms with Gasteiger partial charge < -0.3 is 24.8 Å². The van der Waals surface area contributed by atoms with Crippen molar-refractivity contribution >= 4 is 5.43 Å². The Morgan fingerprint density at radius 2 is 1.12 bits per heavy atom. The van der Waals surface area contributed by atoms with Gasteiger partial charge in [-0.15, -0.1) is 0 Å². The molecule has 0 aromatic rings. The van der Waals surface area contributed by atoms with Crippen LogP contribution >= 0.6 is 0 Å². The van der Waals surface area contributed by atoms with Gasteiger partial charge in [-0.1, -0.05) is 0 Å². The van der Waals surface area contributed by atoms with Crippen molar-refractivity contribution in [2.75, 3.05) is 0 Å². The summed E-state index contributed by atoms with van der Waals surface area (Å²) in [6.45, 7) is 14.6. The van der Waals surface area contributed by atoms with Crippen LogP contribution in [0.1, 0.15) is 66.2 Å². The van der Waals surface area contributed by atoms with Crippen LogP contribution in [0.5, 0.6) is 0 Å². The summed E-state index contributed by atoms with van der Waals surface area (Å²) in [6, 6.07) is 0. The molecule has 0 atom stereocenters. The fourth-order valence-corrected chi connectivity index (χ4v) is 22.6. The average Bonchev–Trinajstić information content (AvgIpc) is 3.11. The van der Waals surface area contributed by atoms with Gasteiger partial charge in [-0.2, -0.15) is 0 Å². The maximum absolute atomic E-state index is 2.61. The van der Waals surface area contributed by atoms with Gasteiger partial charge in [0.1, 0.15) is 0 Å². The van der Waals surface area contributed by atoms with Gasteiger partial charge in [0.25, 0.3) is 0 Å². The number of hydrogen-bond acceptors (Lipinski definition) is 0. The zero-order valence-corrected chi connectivity index (χ0v) is 21.1. The normalized spacial score (nSPS) is 16.2. The van der Waals surface area contributed by atoms with Crippen molar-refractivity contribution in [2.45, 2.75) is 79.3 Å². The van der Waals surface area contributed by atoms with E-state index in [1.807, 2.05) is 6.56 Å². The van der Waals surface area contributed by atoms with Gasteiger partial charge in [0.05, 0.1) is 0 Å². The molecule has 0 spiro atoms. The molecule has 2 aliphatic carbocycles. The van der Waals surface area contributed by atoms with Crippen LogP contribution in [0.3, 0.4) is 0 Å². The second-order valence-electron chi connectivity index (χ2n) is 6.76. The molecule has 0 heterocycles. The molecular weight excluding hydrogens is 430 g/mol. The second kappa shape index (κ2) is 11.4. The summed E-state index contributed by atoms with van der Waals surface area (Å²) in [5.74, 6) is 0. The first-order chi connectivity index (χ1) is 10.5. The molecule has 0 nitrogen and oxygen atoms in total. The maximum Gasteiger partial charge on any atom is -1.00 e. The van der Waals surface area contributed by atoms with Crippen LogP contribution in [0.2, 0.25) is 13.1 Å². The smallest absolute Gasteiger partial charge is 1.00 e. The van der Waals surface area contributed by atoms with Crippen molar-refractivity contribution in [2.24, 2.45) is 0 Å². The number of hydrogen-bond donors (Lipinski definition) is 0. The van der Waals surface area contributed by atoms with E-state index in [1.165, 1.54) is 38.5 Å². The third-order valence-electron chi connectivity index (χ3n) is 5.11. The van der Waals surface area contributed by atoms with E-state index in [2.05, 4.69) is 52.9 Å². The third-order valence-corrected chi connectivity index (χ3v) is 22.5. The Labute approximate surface area is 170 Å². The van der Waals surface area contributed by atoms with Gasteiger partial charge in [0.15, 0.2) is 0 Å². The molecule has 24 heavy (non-hydrogen) atoms. The molecule has 0 radical (unpaired) electrons. The molecule has 0 fully saturated rings. The molecule has 0 aromatic carbocycles. The fraction of sp³-hybridized carbons (Fsp3) is 0.600. The second-order valence-corrected chi connectivity index (χ2v) is 23.9. The van der Waals surface area contributed by atoms with Crippen LogP contribution < -0.4 is 24.8 Å². The molecule has 0 saturated carbocycles. The minimum Gasteiger partial charge on any atom is -1.00 e. The fourth-order valence-electron chi connectivity index (χ4n) is 3.82. The predicted octanol–water partition coefficient (Wildman–Crippen LogP) is 0.672. The largest absolute Gasteiger partial charge is 1.00 e. The van der Waals surface area contributed by atoms with Crippen LogP contribution in [-0.2, 0) is 20.4 Å². The first-order valence-corrected chi connectivity index (χ1v) is 17.7. The zero-order chi connectivity index (χ0) is 16.3. The molecule has 4 heteroatoms. The van der Waals surface area contributed by atoms with Gasteiger partial charge in [-0.3, -0.25) is 0 Å². The molecule has 0 amide bonds. The summed E-state index contributed by atoms with van der Waals surface area (Å²) in [6.07, 6.45) is 12.8. The van der Waals surface area contributed by atoms with E-state index < -0.39 is 20.4 Å². The van der Waals surface area contributed by atoms with Crippen LogP contribution in [0.15, 0.2) is 41.0 Å². The molecule has 134 valence electrons. The Hall–Kier alpha value is 0.640. The molecule has 0 N–H and O–H groups in total. The summed E-state index contributed by atoms with van der Waals surface area (Å²) in [5.41, 5.74) is 6.72. The summed E-state index contributed by atoms with van der Waals surface area (Å²) in [4.78, 5) is 0. The Kier molecular flexibility index (Phi) is 11.7. The van der Waals surface area contributed by atoms with Crippen LogP contribution in [0.25, 0.3) is 0 Å². The number of halogens is 2. The van der Waals surface area contributed by atoms with E-state index in [-0.39, 0.29) is 30.2 Å². The Morgan fingerprint density at radius 3 is 1.38 bits per heavy atom. The topological polar surface area (TPSA) is 0 Å². The molecular formula is C20H32Cl2SiZr. The Balaban J connectivity index is 0.00000264. The molecule has 0 aromatic heterocycles. The zero-order valence-electron chi connectivity index (χ0n) is 16.2. The monoisotopic (exact) mass is 460 g/mol. The molecule has 2 rings (SSSR count). The van der Waals surface area contributed by atoms with Gasteiger partial charge in [-0.05, 0) is 0 Å². The van der Waals surface area contributed by atoms with Crippen LogP contribution in [-0.4, -0.2) is 5.43 Å². The van der Waals surface area contributed by atoms with Gasteiger partial charge in [0, 0.05) is 0 Å². The van der Waals surface area contributed by atoms with Gasteiger partial charge in [-0.25, -0.2) is 0 Å². The summed E-state index contributed by atoms with van der Waals surface area (Å²) in [5, 5.41) is 0. The van der Waals surface area contributed by atoms with Crippen molar-refractivity contribution in [3.63, 3.8) is 0 Å². The van der Waals surface area contributed by atoms with E-state index >= 15 is 0 Å². The van der Waals surface area contributed by atoms with Crippen molar-refractivity contribution < 1.29 is 45.2 Å². The predicted molar refractivity (Wildman–Crippen MR) is 98.1 cm³/mol.